The summed E-state index contributed by atoms with van der Waals surface area (Å²) in [5.74, 6) is 0.870. The summed E-state index contributed by atoms with van der Waals surface area (Å²) in [5, 5.41) is 13.8. The lowest BCUT2D eigenvalue weighted by Crippen LogP contribution is -2.41. The van der Waals surface area contributed by atoms with E-state index in [1.54, 1.807) is 11.3 Å². The maximum absolute atomic E-state index is 12.7. The Balaban J connectivity index is 1.42. The molecule has 1 amide bonds. The van der Waals surface area contributed by atoms with Gasteiger partial charge in [-0.3, -0.25) is 4.79 Å². The predicted octanol–water partition coefficient (Wildman–Crippen LogP) is 4.37. The summed E-state index contributed by atoms with van der Waals surface area (Å²) < 4.78 is 0. The number of hydrogen-bond acceptors (Lipinski definition) is 5. The van der Waals surface area contributed by atoms with Crippen LogP contribution in [0.2, 0.25) is 0 Å². The lowest BCUT2D eigenvalue weighted by atomic mass is 9.97. The van der Waals surface area contributed by atoms with Crippen molar-refractivity contribution in [1.82, 2.24) is 10.2 Å². The molecule has 27 heavy (non-hydrogen) atoms. The van der Waals surface area contributed by atoms with Gasteiger partial charge in [0.15, 0.2) is 5.82 Å². The monoisotopic (exact) mass is 378 g/mol. The summed E-state index contributed by atoms with van der Waals surface area (Å²) in [6.07, 6.45) is 1.87. The first kappa shape index (κ1) is 17.7. The zero-order valence-electron chi connectivity index (χ0n) is 15.3. The Morgan fingerprint density at radius 1 is 1.19 bits per heavy atom. The van der Waals surface area contributed by atoms with E-state index in [0.29, 0.717) is 6.54 Å². The lowest BCUT2D eigenvalue weighted by Gasteiger charge is -2.32. The van der Waals surface area contributed by atoms with Crippen LogP contribution in [0, 0.1) is 12.8 Å². The summed E-state index contributed by atoms with van der Waals surface area (Å²) in [6, 6.07) is 16.0. The first-order valence-electron chi connectivity index (χ1n) is 9.19. The number of carbonyl (C=O) groups is 1. The van der Waals surface area contributed by atoms with Gasteiger partial charge in [0.2, 0.25) is 5.91 Å². The second kappa shape index (κ2) is 7.88. The quantitative estimate of drug-likeness (QED) is 0.732. The minimum Gasteiger partial charge on any atom is -0.354 e. The van der Waals surface area contributed by atoms with E-state index in [-0.39, 0.29) is 11.8 Å². The van der Waals surface area contributed by atoms with Crippen LogP contribution in [-0.2, 0) is 4.79 Å². The van der Waals surface area contributed by atoms with Gasteiger partial charge in [0.25, 0.3) is 0 Å². The number of carbonyl (C=O) groups excluding carboxylic acids is 1. The van der Waals surface area contributed by atoms with Crippen molar-refractivity contribution in [2.45, 2.75) is 19.8 Å². The topological polar surface area (TPSA) is 58.1 Å². The molecule has 138 valence electrons. The molecule has 3 heterocycles. The SMILES string of the molecule is Cc1cccc(NC(=O)C2CCCN(c3ccc(-c4cccs4)nn3)C2)c1. The third-order valence-corrected chi connectivity index (χ3v) is 5.72. The largest absolute Gasteiger partial charge is 0.354 e. The molecule has 1 saturated heterocycles. The fraction of sp³-hybridized carbons (Fsp3) is 0.286. The van der Waals surface area contributed by atoms with Crippen molar-refractivity contribution in [1.29, 1.82) is 0 Å². The van der Waals surface area contributed by atoms with Crippen LogP contribution in [0.3, 0.4) is 0 Å². The van der Waals surface area contributed by atoms with Crippen molar-refractivity contribution in [2.24, 2.45) is 5.92 Å². The average molecular weight is 379 g/mol. The number of rotatable bonds is 4. The van der Waals surface area contributed by atoms with Gasteiger partial charge in [-0.15, -0.1) is 21.5 Å². The minimum atomic E-state index is -0.0435. The van der Waals surface area contributed by atoms with Crippen LogP contribution in [0.5, 0.6) is 0 Å². The molecule has 1 aromatic carbocycles. The summed E-state index contributed by atoms with van der Waals surface area (Å²) in [4.78, 5) is 16.0. The molecule has 3 aromatic rings. The zero-order valence-corrected chi connectivity index (χ0v) is 16.1. The molecule has 0 bridgehead atoms. The van der Waals surface area contributed by atoms with E-state index >= 15 is 0 Å². The molecular formula is C21H22N4OS. The van der Waals surface area contributed by atoms with Crippen molar-refractivity contribution >= 4 is 28.7 Å². The van der Waals surface area contributed by atoms with Crippen molar-refractivity contribution in [2.75, 3.05) is 23.3 Å². The smallest absolute Gasteiger partial charge is 0.229 e. The number of aryl methyl sites for hydroxylation is 1. The molecule has 2 aromatic heterocycles. The highest BCUT2D eigenvalue weighted by Crippen LogP contribution is 2.26. The number of thiophene rings is 1. The molecular weight excluding hydrogens is 356 g/mol. The molecule has 0 radical (unpaired) electrons. The molecule has 6 heteroatoms. The van der Waals surface area contributed by atoms with E-state index in [9.17, 15) is 4.79 Å². The highest BCUT2D eigenvalue weighted by atomic mass is 32.1. The van der Waals surface area contributed by atoms with E-state index in [1.807, 2.05) is 60.8 Å². The van der Waals surface area contributed by atoms with Crippen LogP contribution in [0.4, 0.5) is 11.5 Å². The average Bonchev–Trinajstić information content (AvgIpc) is 3.23. The lowest BCUT2D eigenvalue weighted by molar-refractivity contribution is -0.120. The molecule has 0 saturated carbocycles. The summed E-state index contributed by atoms with van der Waals surface area (Å²) in [5.41, 5.74) is 2.89. The maximum Gasteiger partial charge on any atom is 0.229 e. The van der Waals surface area contributed by atoms with Gasteiger partial charge in [0.05, 0.1) is 10.8 Å². The van der Waals surface area contributed by atoms with Gasteiger partial charge in [0.1, 0.15) is 5.69 Å². The Morgan fingerprint density at radius 3 is 2.85 bits per heavy atom. The fourth-order valence-corrected chi connectivity index (χ4v) is 4.11. The number of hydrogen-bond donors (Lipinski definition) is 1. The second-order valence-corrected chi connectivity index (χ2v) is 7.85. The van der Waals surface area contributed by atoms with Crippen LogP contribution in [-0.4, -0.2) is 29.2 Å². The van der Waals surface area contributed by atoms with Gasteiger partial charge in [-0.05, 0) is 61.0 Å². The Hall–Kier alpha value is -2.73. The summed E-state index contributed by atoms with van der Waals surface area (Å²) >= 11 is 1.65. The normalized spacial score (nSPS) is 16.9. The van der Waals surface area contributed by atoms with E-state index < -0.39 is 0 Å². The molecule has 1 aliphatic heterocycles. The number of benzene rings is 1. The molecule has 1 N–H and O–H groups in total. The zero-order chi connectivity index (χ0) is 18.6. The number of anilines is 2. The Bertz CT molecular complexity index is 908. The van der Waals surface area contributed by atoms with Gasteiger partial charge >= 0.3 is 0 Å². The van der Waals surface area contributed by atoms with E-state index in [2.05, 4.69) is 20.4 Å². The van der Waals surface area contributed by atoms with Crippen LogP contribution < -0.4 is 10.2 Å². The number of nitrogens with one attached hydrogen (secondary N) is 1. The first-order valence-corrected chi connectivity index (χ1v) is 10.1. The Kier molecular flexibility index (Phi) is 5.16. The molecule has 0 spiro atoms. The Morgan fingerprint density at radius 2 is 2.11 bits per heavy atom. The molecule has 4 rings (SSSR count). The summed E-state index contributed by atoms with van der Waals surface area (Å²) in [6.45, 7) is 3.60. The van der Waals surface area contributed by atoms with E-state index in [0.717, 1.165) is 47.0 Å². The van der Waals surface area contributed by atoms with Crippen molar-refractivity contribution in [3.63, 3.8) is 0 Å². The Labute approximate surface area is 163 Å². The molecule has 1 unspecified atom stereocenters. The number of amides is 1. The molecule has 5 nitrogen and oxygen atoms in total. The predicted molar refractivity (Wildman–Crippen MR) is 110 cm³/mol. The number of aromatic nitrogens is 2. The van der Waals surface area contributed by atoms with Crippen LogP contribution >= 0.6 is 11.3 Å². The molecule has 1 fully saturated rings. The summed E-state index contributed by atoms with van der Waals surface area (Å²) in [7, 11) is 0. The number of piperidine rings is 1. The van der Waals surface area contributed by atoms with Gasteiger partial charge in [-0.25, -0.2) is 0 Å². The van der Waals surface area contributed by atoms with Crippen LogP contribution in [0.15, 0.2) is 53.9 Å². The van der Waals surface area contributed by atoms with Gasteiger partial charge in [-0.1, -0.05) is 18.2 Å². The van der Waals surface area contributed by atoms with E-state index in [1.165, 1.54) is 0 Å². The van der Waals surface area contributed by atoms with Crippen LogP contribution in [0.25, 0.3) is 10.6 Å². The third-order valence-electron chi connectivity index (χ3n) is 4.83. The third kappa shape index (κ3) is 4.17. The highest BCUT2D eigenvalue weighted by molar-refractivity contribution is 7.13. The van der Waals surface area contributed by atoms with Gasteiger partial charge in [-0.2, -0.15) is 0 Å². The van der Waals surface area contributed by atoms with Crippen molar-refractivity contribution in [3.8, 4) is 10.6 Å². The van der Waals surface area contributed by atoms with Crippen molar-refractivity contribution in [3.05, 3.63) is 59.5 Å². The highest BCUT2D eigenvalue weighted by Gasteiger charge is 2.26. The maximum atomic E-state index is 12.7. The van der Waals surface area contributed by atoms with Crippen molar-refractivity contribution < 1.29 is 4.79 Å². The van der Waals surface area contributed by atoms with E-state index in [4.69, 9.17) is 0 Å². The first-order chi connectivity index (χ1) is 13.2. The fourth-order valence-electron chi connectivity index (χ4n) is 3.42. The van der Waals surface area contributed by atoms with Crippen LogP contribution in [0.1, 0.15) is 18.4 Å². The molecule has 1 atom stereocenters. The molecule has 0 aliphatic carbocycles. The van der Waals surface area contributed by atoms with Gasteiger partial charge < -0.3 is 10.2 Å². The standard InChI is InChI=1S/C21H22N4OS/c1-15-5-2-7-17(13-15)22-21(26)16-6-3-11-25(14-16)20-10-9-18(23-24-20)19-8-4-12-27-19/h2,4-5,7-10,12-13,16H,3,6,11,14H2,1H3,(H,22,26). The second-order valence-electron chi connectivity index (χ2n) is 6.90. The minimum absolute atomic E-state index is 0.0435. The van der Waals surface area contributed by atoms with Gasteiger partial charge in [0, 0.05) is 18.8 Å². The number of nitrogens with zero attached hydrogens (tertiary/aromatic N) is 3. The molecule has 1 aliphatic rings.